The van der Waals surface area contributed by atoms with Gasteiger partial charge in [0.05, 0.1) is 12.9 Å². The number of hydrogen-bond acceptors (Lipinski definition) is 3. The van der Waals surface area contributed by atoms with Crippen molar-refractivity contribution >= 4 is 26.0 Å². The normalized spacial score (nSPS) is 13.8. The van der Waals surface area contributed by atoms with Crippen LogP contribution in [0.3, 0.4) is 0 Å². The van der Waals surface area contributed by atoms with Crippen molar-refractivity contribution in [3.05, 3.63) is 34.3 Å². The molecule has 0 saturated carbocycles. The molecule has 3 nitrogen and oxygen atoms in total. The molecule has 0 spiro atoms. The van der Waals surface area contributed by atoms with E-state index in [0.717, 1.165) is 16.3 Å². The summed E-state index contributed by atoms with van der Waals surface area (Å²) in [6.45, 7) is 2.09. The molecule has 1 aromatic carbocycles. The first-order valence-electron chi connectivity index (χ1n) is 4.49. The monoisotopic (exact) mass is 292 g/mol. The standard InChI is InChI=1S/C10H13BrO3S/c1-8(7-14-15(2,12)13)9-5-3-4-6-10(9)11/h3-6,8H,7H2,1-2H3. The fraction of sp³-hybridized carbons (Fsp3) is 0.400. The lowest BCUT2D eigenvalue weighted by Gasteiger charge is -2.12. The van der Waals surface area contributed by atoms with Crippen molar-refractivity contribution in [2.75, 3.05) is 12.9 Å². The Labute approximate surface area is 98.7 Å². The molecule has 0 heterocycles. The zero-order valence-corrected chi connectivity index (χ0v) is 11.0. The second-order valence-corrected chi connectivity index (χ2v) is 5.91. The Kier molecular flexibility index (Phi) is 4.31. The molecule has 0 radical (unpaired) electrons. The maximum Gasteiger partial charge on any atom is 0.264 e. The predicted octanol–water partition coefficient (Wildman–Crippen LogP) is 2.53. The van der Waals surface area contributed by atoms with Crippen LogP contribution >= 0.6 is 15.9 Å². The first kappa shape index (κ1) is 12.7. The molecule has 1 rings (SSSR count). The van der Waals surface area contributed by atoms with Gasteiger partial charge in [-0.15, -0.1) is 0 Å². The molecule has 5 heteroatoms. The molecular weight excluding hydrogens is 280 g/mol. The van der Waals surface area contributed by atoms with Crippen LogP contribution in [-0.4, -0.2) is 21.3 Å². The Morgan fingerprint density at radius 2 is 2.00 bits per heavy atom. The summed E-state index contributed by atoms with van der Waals surface area (Å²) in [6, 6.07) is 7.70. The number of hydrogen-bond donors (Lipinski definition) is 0. The van der Waals surface area contributed by atoms with Crippen LogP contribution < -0.4 is 0 Å². The SMILES string of the molecule is CC(COS(C)(=O)=O)c1ccccc1Br. The second-order valence-electron chi connectivity index (χ2n) is 3.41. The molecule has 0 aliphatic carbocycles. The van der Waals surface area contributed by atoms with E-state index in [2.05, 4.69) is 15.9 Å². The minimum absolute atomic E-state index is 0.0373. The van der Waals surface area contributed by atoms with Gasteiger partial charge in [-0.05, 0) is 11.6 Å². The van der Waals surface area contributed by atoms with Gasteiger partial charge in [-0.2, -0.15) is 8.42 Å². The third-order valence-electron chi connectivity index (χ3n) is 1.97. The summed E-state index contributed by atoms with van der Waals surface area (Å²) in [6.07, 6.45) is 1.06. The van der Waals surface area contributed by atoms with Crippen LogP contribution in [0.15, 0.2) is 28.7 Å². The highest BCUT2D eigenvalue weighted by molar-refractivity contribution is 9.10. The molecule has 0 bridgehead atoms. The summed E-state index contributed by atoms with van der Waals surface area (Å²) in [7, 11) is -3.36. The van der Waals surface area contributed by atoms with Crippen LogP contribution in [0.5, 0.6) is 0 Å². The van der Waals surface area contributed by atoms with Crippen LogP contribution in [0.1, 0.15) is 18.4 Å². The van der Waals surface area contributed by atoms with Gasteiger partial charge in [0.2, 0.25) is 0 Å². The summed E-state index contributed by atoms with van der Waals surface area (Å²) >= 11 is 3.41. The van der Waals surface area contributed by atoms with E-state index < -0.39 is 10.1 Å². The van der Waals surface area contributed by atoms with Gasteiger partial charge in [0.1, 0.15) is 0 Å². The lowest BCUT2D eigenvalue weighted by atomic mass is 10.0. The molecule has 1 aromatic rings. The average Bonchev–Trinajstić information content (AvgIpc) is 2.14. The van der Waals surface area contributed by atoms with Crippen LogP contribution in [0, 0.1) is 0 Å². The van der Waals surface area contributed by atoms with Crippen molar-refractivity contribution in [3.63, 3.8) is 0 Å². The summed E-state index contributed by atoms with van der Waals surface area (Å²) in [5.74, 6) is 0.0373. The molecule has 0 fully saturated rings. The highest BCUT2D eigenvalue weighted by Crippen LogP contribution is 2.24. The average molecular weight is 293 g/mol. The minimum Gasteiger partial charge on any atom is -0.270 e. The zero-order chi connectivity index (χ0) is 11.5. The highest BCUT2D eigenvalue weighted by atomic mass is 79.9. The Morgan fingerprint density at radius 1 is 1.40 bits per heavy atom. The molecule has 1 atom stereocenters. The molecule has 0 aliphatic heterocycles. The second kappa shape index (κ2) is 5.09. The molecule has 0 aromatic heterocycles. The number of rotatable bonds is 4. The summed E-state index contributed by atoms with van der Waals surface area (Å²) in [4.78, 5) is 0. The fourth-order valence-electron chi connectivity index (χ4n) is 1.19. The van der Waals surface area contributed by atoms with E-state index in [1.54, 1.807) is 0 Å². The van der Waals surface area contributed by atoms with E-state index in [1.165, 1.54) is 0 Å². The van der Waals surface area contributed by atoms with Crippen molar-refractivity contribution in [1.82, 2.24) is 0 Å². The fourth-order valence-corrected chi connectivity index (χ4v) is 2.32. The molecule has 84 valence electrons. The third kappa shape index (κ3) is 4.32. The number of halogens is 1. The van der Waals surface area contributed by atoms with Crippen molar-refractivity contribution in [3.8, 4) is 0 Å². The highest BCUT2D eigenvalue weighted by Gasteiger charge is 2.11. The Balaban J connectivity index is 2.70. The van der Waals surface area contributed by atoms with E-state index in [-0.39, 0.29) is 12.5 Å². The van der Waals surface area contributed by atoms with E-state index in [1.807, 2.05) is 31.2 Å². The molecule has 0 amide bonds. The summed E-state index contributed by atoms with van der Waals surface area (Å²) in [5, 5.41) is 0. The van der Waals surface area contributed by atoms with Crippen molar-refractivity contribution in [1.29, 1.82) is 0 Å². The largest absolute Gasteiger partial charge is 0.270 e. The van der Waals surface area contributed by atoms with Gasteiger partial charge in [0.25, 0.3) is 10.1 Å². The molecular formula is C10H13BrO3S. The van der Waals surface area contributed by atoms with Crippen LogP contribution in [0.4, 0.5) is 0 Å². The van der Waals surface area contributed by atoms with Gasteiger partial charge in [0.15, 0.2) is 0 Å². The van der Waals surface area contributed by atoms with Crippen molar-refractivity contribution < 1.29 is 12.6 Å². The Morgan fingerprint density at radius 3 is 2.53 bits per heavy atom. The first-order valence-corrected chi connectivity index (χ1v) is 7.10. The molecule has 0 aliphatic rings. The maximum atomic E-state index is 10.8. The first-order chi connectivity index (χ1) is 6.90. The lowest BCUT2D eigenvalue weighted by Crippen LogP contribution is -2.10. The topological polar surface area (TPSA) is 43.4 Å². The molecule has 0 saturated heterocycles. The molecule has 0 N–H and O–H groups in total. The van der Waals surface area contributed by atoms with Crippen molar-refractivity contribution in [2.24, 2.45) is 0 Å². The van der Waals surface area contributed by atoms with Gasteiger partial charge in [-0.25, -0.2) is 0 Å². The smallest absolute Gasteiger partial charge is 0.264 e. The molecule has 1 unspecified atom stereocenters. The van der Waals surface area contributed by atoms with E-state index in [9.17, 15) is 8.42 Å². The van der Waals surface area contributed by atoms with Crippen LogP contribution in [0.25, 0.3) is 0 Å². The Bertz CT molecular complexity index is 428. The van der Waals surface area contributed by atoms with E-state index in [0.29, 0.717) is 0 Å². The zero-order valence-electron chi connectivity index (χ0n) is 8.60. The van der Waals surface area contributed by atoms with Crippen LogP contribution in [0.2, 0.25) is 0 Å². The van der Waals surface area contributed by atoms with Gasteiger partial charge in [-0.1, -0.05) is 41.1 Å². The maximum absolute atomic E-state index is 10.8. The van der Waals surface area contributed by atoms with Gasteiger partial charge in [0, 0.05) is 10.4 Å². The Hall–Kier alpha value is -0.390. The van der Waals surface area contributed by atoms with Crippen LogP contribution in [-0.2, 0) is 14.3 Å². The quantitative estimate of drug-likeness (QED) is 0.801. The molecule has 15 heavy (non-hydrogen) atoms. The van der Waals surface area contributed by atoms with Gasteiger partial charge in [-0.3, -0.25) is 4.18 Å². The minimum atomic E-state index is -3.36. The summed E-state index contributed by atoms with van der Waals surface area (Å²) < 4.78 is 27.4. The van der Waals surface area contributed by atoms with Gasteiger partial charge >= 0.3 is 0 Å². The number of benzene rings is 1. The predicted molar refractivity (Wildman–Crippen MR) is 63.4 cm³/mol. The van der Waals surface area contributed by atoms with Crippen molar-refractivity contribution in [2.45, 2.75) is 12.8 Å². The lowest BCUT2D eigenvalue weighted by molar-refractivity contribution is 0.301. The summed E-state index contributed by atoms with van der Waals surface area (Å²) in [5.41, 5.74) is 1.04. The van der Waals surface area contributed by atoms with E-state index in [4.69, 9.17) is 4.18 Å². The van der Waals surface area contributed by atoms with E-state index >= 15 is 0 Å². The third-order valence-corrected chi connectivity index (χ3v) is 3.25. The van der Waals surface area contributed by atoms with Gasteiger partial charge < -0.3 is 0 Å².